The molecule has 0 radical (unpaired) electrons. The fourth-order valence-electron chi connectivity index (χ4n) is 7.78. The molecular weight excluding hydrogens is 551 g/mol. The number of nitrogens with one attached hydrogen (secondary N) is 2. The van der Waals surface area contributed by atoms with E-state index in [4.69, 9.17) is 9.61 Å². The van der Waals surface area contributed by atoms with Gasteiger partial charge in [0.1, 0.15) is 17.2 Å². The third kappa shape index (κ3) is 4.21. The second kappa shape index (κ2) is 8.76. The quantitative estimate of drug-likeness (QED) is 0.392. The highest BCUT2D eigenvalue weighted by Gasteiger charge is 2.74. The summed E-state index contributed by atoms with van der Waals surface area (Å²) in [6.07, 6.45) is 3.91. The lowest BCUT2D eigenvalue weighted by Gasteiger charge is -2.65. The number of piperidine rings is 1. The predicted octanol–water partition coefficient (Wildman–Crippen LogP) is 4.75. The van der Waals surface area contributed by atoms with Crippen LogP contribution in [0.2, 0.25) is 0 Å². The number of likely N-dealkylation sites (tertiary alicyclic amines) is 1. The van der Waals surface area contributed by atoms with Crippen LogP contribution in [0.4, 0.5) is 13.2 Å². The van der Waals surface area contributed by atoms with Gasteiger partial charge in [0.15, 0.2) is 11.3 Å². The van der Waals surface area contributed by atoms with Crippen LogP contribution in [0.1, 0.15) is 97.6 Å². The van der Waals surface area contributed by atoms with Gasteiger partial charge in [-0.2, -0.15) is 0 Å². The molecule has 5 saturated carbocycles. The average Bonchev–Trinajstić information content (AvgIpc) is 3.84. The number of imidazole rings is 1. The maximum Gasteiger partial charge on any atom is 0.276 e. The maximum atomic E-state index is 14.7. The Morgan fingerprint density at radius 2 is 1.79 bits per heavy atom. The number of alkyl halides is 3. The topological polar surface area (TPSA) is 130 Å². The van der Waals surface area contributed by atoms with Gasteiger partial charge >= 0.3 is 0 Å². The molecule has 10 nitrogen and oxygen atoms in total. The number of rotatable bonds is 8. The number of carbonyl (C=O) groups is 2. The molecule has 0 unspecified atom stereocenters. The van der Waals surface area contributed by atoms with E-state index < -0.39 is 47.8 Å². The molecule has 2 bridgehead atoms. The van der Waals surface area contributed by atoms with Crippen LogP contribution >= 0.6 is 0 Å². The molecule has 0 aromatic carbocycles. The summed E-state index contributed by atoms with van der Waals surface area (Å²) in [5, 5.41) is 10.6. The SMILES string of the molecule is Cc1nonc1C(=O)N[C@H](c1nc2nc([C@@H]3CC(F)(F)CCN3C(=O)C34CC(F)(C3)C4)ccc2[nH]1)C(C1CC1)C1CC1. The van der Waals surface area contributed by atoms with E-state index in [0.717, 1.165) is 25.7 Å². The Balaban J connectivity index is 1.12. The lowest BCUT2D eigenvalue weighted by Crippen LogP contribution is -2.71. The van der Waals surface area contributed by atoms with Gasteiger partial charge in [-0.05, 0) is 86.9 Å². The van der Waals surface area contributed by atoms with Crippen molar-refractivity contribution in [3.05, 3.63) is 35.0 Å². The lowest BCUT2D eigenvalue weighted by molar-refractivity contribution is -0.227. The predicted molar refractivity (Wildman–Crippen MR) is 141 cm³/mol. The first-order valence-corrected chi connectivity index (χ1v) is 14.9. The molecule has 13 heteroatoms. The fraction of sp³-hybridized carbons (Fsp3) is 0.655. The highest BCUT2D eigenvalue weighted by Crippen LogP contribution is 2.70. The fourth-order valence-corrected chi connectivity index (χ4v) is 7.78. The van der Waals surface area contributed by atoms with Crippen LogP contribution < -0.4 is 5.32 Å². The Bertz CT molecular complexity index is 1560. The molecule has 222 valence electrons. The largest absolute Gasteiger partial charge is 0.340 e. The number of H-pyrrole nitrogens is 1. The summed E-state index contributed by atoms with van der Waals surface area (Å²) >= 11 is 0. The summed E-state index contributed by atoms with van der Waals surface area (Å²) in [5.41, 5.74) is -0.236. The number of nitrogens with zero attached hydrogens (tertiary/aromatic N) is 5. The molecule has 0 spiro atoms. The first-order valence-electron chi connectivity index (χ1n) is 14.9. The number of halogens is 3. The van der Waals surface area contributed by atoms with Crippen molar-refractivity contribution in [2.75, 3.05) is 6.54 Å². The molecule has 3 aromatic rings. The third-order valence-electron chi connectivity index (χ3n) is 10.2. The van der Waals surface area contributed by atoms with Crippen molar-refractivity contribution in [1.29, 1.82) is 0 Å². The second-order valence-electron chi connectivity index (χ2n) is 13.4. The first kappa shape index (κ1) is 26.1. The zero-order valence-corrected chi connectivity index (χ0v) is 23.2. The molecule has 5 aliphatic carbocycles. The van der Waals surface area contributed by atoms with Crippen LogP contribution in [0.15, 0.2) is 16.8 Å². The summed E-state index contributed by atoms with van der Waals surface area (Å²) in [6.45, 7) is 1.55. The Morgan fingerprint density at radius 3 is 2.40 bits per heavy atom. The van der Waals surface area contributed by atoms with Crippen LogP contribution in [0.5, 0.6) is 0 Å². The Morgan fingerprint density at radius 1 is 1.07 bits per heavy atom. The van der Waals surface area contributed by atoms with Crippen molar-refractivity contribution in [3.63, 3.8) is 0 Å². The Kier molecular flexibility index (Phi) is 5.45. The van der Waals surface area contributed by atoms with Crippen LogP contribution in [0, 0.1) is 30.1 Å². The summed E-state index contributed by atoms with van der Waals surface area (Å²) < 4.78 is 48.3. The zero-order chi connectivity index (χ0) is 29.0. The molecule has 6 fully saturated rings. The van der Waals surface area contributed by atoms with Gasteiger partial charge in [0.05, 0.1) is 28.7 Å². The number of amides is 2. The number of aromatic nitrogens is 5. The van der Waals surface area contributed by atoms with Crippen molar-refractivity contribution >= 4 is 23.0 Å². The number of pyridine rings is 1. The van der Waals surface area contributed by atoms with E-state index >= 15 is 0 Å². The van der Waals surface area contributed by atoms with Crippen molar-refractivity contribution in [2.24, 2.45) is 23.2 Å². The Hall–Kier alpha value is -3.51. The molecule has 2 atom stereocenters. The van der Waals surface area contributed by atoms with Gasteiger partial charge in [0.2, 0.25) is 5.91 Å². The van der Waals surface area contributed by atoms with Crippen molar-refractivity contribution < 1.29 is 27.4 Å². The molecule has 9 rings (SSSR count). The minimum absolute atomic E-state index is 0.0993. The normalized spacial score (nSPS) is 30.6. The lowest BCUT2D eigenvalue weighted by atomic mass is 9.41. The molecule has 1 aliphatic heterocycles. The van der Waals surface area contributed by atoms with Gasteiger partial charge in [0.25, 0.3) is 11.8 Å². The summed E-state index contributed by atoms with van der Waals surface area (Å²) in [6, 6.07) is 2.04. The highest BCUT2D eigenvalue weighted by atomic mass is 19.3. The molecule has 6 aliphatic rings. The second-order valence-corrected chi connectivity index (χ2v) is 13.4. The van der Waals surface area contributed by atoms with E-state index in [1.807, 2.05) is 0 Å². The van der Waals surface area contributed by atoms with Gasteiger partial charge in [-0.3, -0.25) is 9.59 Å². The average molecular weight is 584 g/mol. The van der Waals surface area contributed by atoms with E-state index in [0.29, 0.717) is 40.2 Å². The monoisotopic (exact) mass is 583 g/mol. The number of carbonyl (C=O) groups excluding carboxylic acids is 2. The van der Waals surface area contributed by atoms with Crippen LogP contribution in [0.3, 0.4) is 0 Å². The summed E-state index contributed by atoms with van der Waals surface area (Å²) in [7, 11) is 0. The smallest absolute Gasteiger partial charge is 0.276 e. The molecule has 3 aromatic heterocycles. The summed E-state index contributed by atoms with van der Waals surface area (Å²) in [5.74, 6) is -1.91. The molecule has 1 saturated heterocycles. The number of aromatic amines is 1. The van der Waals surface area contributed by atoms with E-state index in [1.165, 1.54) is 4.90 Å². The van der Waals surface area contributed by atoms with E-state index in [1.54, 1.807) is 19.1 Å². The van der Waals surface area contributed by atoms with Crippen molar-refractivity contribution in [3.8, 4) is 0 Å². The molecule has 4 heterocycles. The van der Waals surface area contributed by atoms with Gasteiger partial charge in [-0.1, -0.05) is 5.16 Å². The molecular formula is C29H32F3N7O3. The summed E-state index contributed by atoms with van der Waals surface area (Å²) in [4.78, 5) is 41.0. The number of aryl methyl sites for hydroxylation is 1. The minimum atomic E-state index is -2.94. The van der Waals surface area contributed by atoms with Crippen LogP contribution in [-0.4, -0.2) is 60.1 Å². The number of hydrogen-bond donors (Lipinski definition) is 2. The number of fused-ring (bicyclic) bond motifs is 1. The van der Waals surface area contributed by atoms with Crippen molar-refractivity contribution in [1.82, 2.24) is 35.5 Å². The van der Waals surface area contributed by atoms with E-state index in [2.05, 4.69) is 25.6 Å². The van der Waals surface area contributed by atoms with Gasteiger partial charge in [-0.25, -0.2) is 27.8 Å². The van der Waals surface area contributed by atoms with Gasteiger partial charge in [-0.15, -0.1) is 0 Å². The van der Waals surface area contributed by atoms with E-state index in [9.17, 15) is 22.8 Å². The van der Waals surface area contributed by atoms with Gasteiger partial charge < -0.3 is 15.2 Å². The van der Waals surface area contributed by atoms with Crippen molar-refractivity contribution in [2.45, 2.75) is 88.4 Å². The standard InChI is InChI=1S/C29H32F3N7O3/c1-14-21(38-42-37-14)25(40)35-22(20(15-2-3-15)16-4-5-16)24-34-18-7-6-17(33-23(18)36-24)19-10-29(31,32)8-9-39(19)26(41)27-11-28(30,12-27)13-27/h6-7,15-16,19-20,22H,2-5,8-13H2,1H3,(H,35,40)(H,33,34,36)/t19-,22-,27?,28?/m0/s1. The molecule has 2 amide bonds. The molecule has 42 heavy (non-hydrogen) atoms. The van der Waals surface area contributed by atoms with Gasteiger partial charge in [0, 0.05) is 19.4 Å². The minimum Gasteiger partial charge on any atom is -0.340 e. The highest BCUT2D eigenvalue weighted by molar-refractivity contribution is 5.93. The zero-order valence-electron chi connectivity index (χ0n) is 23.2. The molecule has 2 N–H and O–H groups in total. The maximum absolute atomic E-state index is 14.7. The van der Waals surface area contributed by atoms with E-state index in [-0.39, 0.29) is 43.3 Å². The third-order valence-corrected chi connectivity index (χ3v) is 10.2. The number of hydrogen-bond acceptors (Lipinski definition) is 7. The van der Waals surface area contributed by atoms with Crippen LogP contribution in [0.25, 0.3) is 11.2 Å². The Labute approximate surface area is 239 Å². The van der Waals surface area contributed by atoms with Crippen LogP contribution in [-0.2, 0) is 4.79 Å². The first-order chi connectivity index (χ1) is 20.0.